The van der Waals surface area contributed by atoms with E-state index in [1.165, 1.54) is 0 Å². The maximum Gasteiger partial charge on any atom is 0.140 e. The average Bonchev–Trinajstić information content (AvgIpc) is 2.21. The Kier molecular flexibility index (Phi) is 2.97. The maximum atomic E-state index is 5.99. The predicted molar refractivity (Wildman–Crippen MR) is 70.5 cm³/mol. The van der Waals surface area contributed by atoms with E-state index in [9.17, 15) is 0 Å². The van der Waals surface area contributed by atoms with Gasteiger partial charge in [-0.2, -0.15) is 0 Å². The summed E-state index contributed by atoms with van der Waals surface area (Å²) in [5.74, 6) is 0.913. The fraction of sp³-hybridized carbons (Fsp3) is 0.583. The van der Waals surface area contributed by atoms with Gasteiger partial charge in [-0.3, -0.25) is 0 Å². The van der Waals surface area contributed by atoms with E-state index in [0.717, 1.165) is 22.3 Å². The van der Waals surface area contributed by atoms with Gasteiger partial charge in [0, 0.05) is 23.7 Å². The summed E-state index contributed by atoms with van der Waals surface area (Å²) in [7, 11) is 0. The van der Waals surface area contributed by atoms with Gasteiger partial charge in [-0.1, -0.05) is 13.8 Å². The van der Waals surface area contributed by atoms with Gasteiger partial charge in [0.15, 0.2) is 0 Å². The molecule has 1 aromatic rings. The second kappa shape index (κ2) is 4.00. The van der Waals surface area contributed by atoms with Crippen LogP contribution in [0.1, 0.15) is 25.8 Å². The van der Waals surface area contributed by atoms with E-state index >= 15 is 0 Å². The van der Waals surface area contributed by atoms with Crippen LogP contribution >= 0.6 is 15.9 Å². The zero-order valence-corrected chi connectivity index (χ0v) is 11.5. The number of rotatable bonds is 2. The number of pyridine rings is 1. The van der Waals surface area contributed by atoms with Crippen LogP contribution in [0.15, 0.2) is 16.7 Å². The Morgan fingerprint density at radius 1 is 1.56 bits per heavy atom. The van der Waals surface area contributed by atoms with Gasteiger partial charge in [-0.15, -0.1) is 0 Å². The molecule has 0 spiro atoms. The van der Waals surface area contributed by atoms with Crippen LogP contribution in [0.4, 0.5) is 5.82 Å². The predicted octanol–water partition coefficient (Wildman–Crippen LogP) is 2.69. The minimum absolute atomic E-state index is 0.145. The van der Waals surface area contributed by atoms with Gasteiger partial charge < -0.3 is 11.1 Å². The molecule has 0 saturated heterocycles. The SMILES string of the molecule is Cc1cnc(NC2CC(N)C2(C)C)c(Br)c1. The number of nitrogens with zero attached hydrogens (tertiary/aromatic N) is 1. The van der Waals surface area contributed by atoms with Crippen LogP contribution in [0, 0.1) is 12.3 Å². The molecular weight excluding hydrogens is 266 g/mol. The number of anilines is 1. The lowest BCUT2D eigenvalue weighted by Gasteiger charge is -2.50. The Hall–Kier alpha value is -0.610. The average molecular weight is 284 g/mol. The van der Waals surface area contributed by atoms with Crippen molar-refractivity contribution < 1.29 is 0 Å². The van der Waals surface area contributed by atoms with Crippen LogP contribution in [-0.2, 0) is 0 Å². The van der Waals surface area contributed by atoms with Crippen LogP contribution in [0.2, 0.25) is 0 Å². The summed E-state index contributed by atoms with van der Waals surface area (Å²) >= 11 is 3.53. The minimum Gasteiger partial charge on any atom is -0.366 e. The molecule has 16 heavy (non-hydrogen) atoms. The Labute approximate surface area is 105 Å². The molecule has 1 aliphatic carbocycles. The van der Waals surface area contributed by atoms with Gasteiger partial charge in [0.25, 0.3) is 0 Å². The molecule has 1 aromatic heterocycles. The highest BCUT2D eigenvalue weighted by Gasteiger charge is 2.46. The Balaban J connectivity index is 2.11. The van der Waals surface area contributed by atoms with E-state index in [-0.39, 0.29) is 11.5 Å². The smallest absolute Gasteiger partial charge is 0.140 e. The molecule has 1 saturated carbocycles. The third-order valence-corrected chi connectivity index (χ3v) is 4.24. The standard InChI is InChI=1S/C12H18BrN3/c1-7-4-8(13)11(15-6-7)16-10-5-9(14)12(10,2)3/h4,6,9-10H,5,14H2,1-3H3,(H,15,16). The molecule has 0 aromatic carbocycles. The number of hydrogen-bond acceptors (Lipinski definition) is 3. The van der Waals surface area contributed by atoms with Gasteiger partial charge in [0.1, 0.15) is 5.82 Å². The summed E-state index contributed by atoms with van der Waals surface area (Å²) in [4.78, 5) is 4.39. The van der Waals surface area contributed by atoms with E-state index in [1.54, 1.807) is 0 Å². The second-order valence-corrected chi connectivity index (χ2v) is 6.06. The molecule has 1 heterocycles. The van der Waals surface area contributed by atoms with E-state index in [4.69, 9.17) is 5.73 Å². The summed E-state index contributed by atoms with van der Waals surface area (Å²) in [6.45, 7) is 6.42. The molecule has 0 amide bonds. The van der Waals surface area contributed by atoms with Crippen molar-refractivity contribution in [2.24, 2.45) is 11.1 Å². The summed E-state index contributed by atoms with van der Waals surface area (Å²) in [5.41, 5.74) is 7.29. The van der Waals surface area contributed by atoms with E-state index in [0.29, 0.717) is 6.04 Å². The molecule has 1 fully saturated rings. The maximum absolute atomic E-state index is 5.99. The molecule has 3 N–H and O–H groups in total. The zero-order chi connectivity index (χ0) is 11.9. The van der Waals surface area contributed by atoms with Crippen molar-refractivity contribution >= 4 is 21.7 Å². The molecule has 2 atom stereocenters. The van der Waals surface area contributed by atoms with Crippen molar-refractivity contribution in [1.82, 2.24) is 4.98 Å². The first kappa shape index (κ1) is 11.9. The Bertz CT molecular complexity index is 403. The number of aryl methyl sites for hydroxylation is 1. The van der Waals surface area contributed by atoms with Crippen molar-refractivity contribution in [1.29, 1.82) is 0 Å². The molecule has 0 radical (unpaired) electrons. The number of nitrogens with one attached hydrogen (secondary N) is 1. The number of halogens is 1. The number of nitrogens with two attached hydrogens (primary N) is 1. The van der Waals surface area contributed by atoms with Crippen molar-refractivity contribution in [3.05, 3.63) is 22.3 Å². The monoisotopic (exact) mass is 283 g/mol. The van der Waals surface area contributed by atoms with E-state index < -0.39 is 0 Å². The molecule has 2 unspecified atom stereocenters. The van der Waals surface area contributed by atoms with Crippen molar-refractivity contribution in [3.8, 4) is 0 Å². The summed E-state index contributed by atoms with van der Waals surface area (Å²) in [5, 5.41) is 3.46. The summed E-state index contributed by atoms with van der Waals surface area (Å²) in [6, 6.07) is 2.77. The zero-order valence-electron chi connectivity index (χ0n) is 9.92. The van der Waals surface area contributed by atoms with Crippen molar-refractivity contribution in [2.75, 3.05) is 5.32 Å². The molecule has 0 aliphatic heterocycles. The van der Waals surface area contributed by atoms with Gasteiger partial charge in [0.2, 0.25) is 0 Å². The minimum atomic E-state index is 0.145. The molecular formula is C12H18BrN3. The fourth-order valence-electron chi connectivity index (χ4n) is 2.01. The van der Waals surface area contributed by atoms with Crippen molar-refractivity contribution in [3.63, 3.8) is 0 Å². The summed E-state index contributed by atoms with van der Waals surface area (Å²) < 4.78 is 1.02. The topological polar surface area (TPSA) is 50.9 Å². The quantitative estimate of drug-likeness (QED) is 0.878. The third kappa shape index (κ3) is 1.96. The van der Waals surface area contributed by atoms with Crippen LogP contribution in [0.25, 0.3) is 0 Å². The lowest BCUT2D eigenvalue weighted by atomic mass is 9.63. The van der Waals surface area contributed by atoms with Crippen LogP contribution < -0.4 is 11.1 Å². The Morgan fingerprint density at radius 2 is 2.25 bits per heavy atom. The molecule has 4 heteroatoms. The largest absolute Gasteiger partial charge is 0.366 e. The lowest BCUT2D eigenvalue weighted by Crippen LogP contribution is -2.61. The Morgan fingerprint density at radius 3 is 2.75 bits per heavy atom. The normalized spacial score (nSPS) is 27.3. The first-order valence-electron chi connectivity index (χ1n) is 5.55. The van der Waals surface area contributed by atoms with E-state index in [2.05, 4.69) is 46.1 Å². The van der Waals surface area contributed by atoms with Gasteiger partial charge in [0.05, 0.1) is 4.47 Å². The van der Waals surface area contributed by atoms with Gasteiger partial charge >= 0.3 is 0 Å². The van der Waals surface area contributed by atoms with Gasteiger partial charge in [-0.05, 0) is 40.9 Å². The van der Waals surface area contributed by atoms with E-state index in [1.807, 2.05) is 13.1 Å². The highest BCUT2D eigenvalue weighted by Crippen LogP contribution is 2.41. The molecule has 2 rings (SSSR count). The highest BCUT2D eigenvalue weighted by atomic mass is 79.9. The highest BCUT2D eigenvalue weighted by molar-refractivity contribution is 9.10. The number of aromatic nitrogens is 1. The van der Waals surface area contributed by atoms with Crippen LogP contribution in [-0.4, -0.2) is 17.1 Å². The lowest BCUT2D eigenvalue weighted by molar-refractivity contribution is 0.117. The second-order valence-electron chi connectivity index (χ2n) is 5.20. The van der Waals surface area contributed by atoms with Crippen molar-refractivity contribution in [2.45, 2.75) is 39.3 Å². The first-order valence-corrected chi connectivity index (χ1v) is 6.35. The molecule has 3 nitrogen and oxygen atoms in total. The van der Waals surface area contributed by atoms with Crippen LogP contribution in [0.5, 0.6) is 0 Å². The number of hydrogen-bond donors (Lipinski definition) is 2. The first-order chi connectivity index (χ1) is 7.41. The molecule has 88 valence electrons. The summed E-state index contributed by atoms with van der Waals surface area (Å²) in [6.07, 6.45) is 2.88. The van der Waals surface area contributed by atoms with Crippen LogP contribution in [0.3, 0.4) is 0 Å². The molecule has 1 aliphatic rings. The third-order valence-electron chi connectivity index (χ3n) is 3.63. The fourth-order valence-corrected chi connectivity index (χ4v) is 2.59. The molecule has 0 bridgehead atoms. The van der Waals surface area contributed by atoms with Gasteiger partial charge in [-0.25, -0.2) is 4.98 Å².